The van der Waals surface area contributed by atoms with Crippen LogP contribution in [-0.4, -0.2) is 42.8 Å². The van der Waals surface area contributed by atoms with Crippen molar-refractivity contribution in [3.05, 3.63) is 35.6 Å². The molecule has 114 valence electrons. The molecule has 0 aliphatic carbocycles. The molecule has 4 nitrogen and oxygen atoms in total. The summed E-state index contributed by atoms with van der Waals surface area (Å²) in [6.45, 7) is 2.10. The molecule has 1 aromatic carbocycles. The molecule has 6 heteroatoms. The number of hydrogen-bond acceptors (Lipinski definition) is 4. The van der Waals surface area contributed by atoms with Crippen molar-refractivity contribution >= 4 is 9.84 Å². The van der Waals surface area contributed by atoms with Gasteiger partial charge >= 0.3 is 0 Å². The van der Waals surface area contributed by atoms with E-state index in [-0.39, 0.29) is 17.7 Å². The minimum atomic E-state index is -3.32. The van der Waals surface area contributed by atoms with Crippen LogP contribution in [0.25, 0.3) is 0 Å². The van der Waals surface area contributed by atoms with Gasteiger partial charge in [0.25, 0.3) is 0 Å². The van der Waals surface area contributed by atoms with Crippen molar-refractivity contribution in [2.24, 2.45) is 0 Å². The highest BCUT2D eigenvalue weighted by molar-refractivity contribution is 7.91. The molecule has 1 rings (SSSR count). The summed E-state index contributed by atoms with van der Waals surface area (Å²) in [5, 5.41) is 18.6. The molecule has 0 unspecified atom stereocenters. The van der Waals surface area contributed by atoms with Gasteiger partial charge in [0.1, 0.15) is 5.82 Å². The lowest BCUT2D eigenvalue weighted by atomic mass is 9.79. The van der Waals surface area contributed by atoms with Crippen LogP contribution in [0.2, 0.25) is 0 Å². The Hall–Kier alpha value is -0.980. The summed E-state index contributed by atoms with van der Waals surface area (Å²) in [6.07, 6.45) is -0.0263. The number of rotatable bonds is 7. The van der Waals surface area contributed by atoms with Gasteiger partial charge in [-0.2, -0.15) is 0 Å². The minimum Gasteiger partial charge on any atom is -0.395 e. The molecule has 0 radical (unpaired) electrons. The van der Waals surface area contributed by atoms with Crippen molar-refractivity contribution in [1.82, 2.24) is 0 Å². The number of aliphatic hydroxyl groups is 2. The van der Waals surface area contributed by atoms with Gasteiger partial charge < -0.3 is 10.2 Å². The Labute approximate surface area is 119 Å². The van der Waals surface area contributed by atoms with E-state index in [1.165, 1.54) is 18.2 Å². The first-order valence-corrected chi connectivity index (χ1v) is 8.19. The third-order valence-electron chi connectivity index (χ3n) is 3.63. The Kier molecular flexibility index (Phi) is 5.68. The molecule has 0 atom stereocenters. The van der Waals surface area contributed by atoms with Crippen LogP contribution in [-0.2, 0) is 15.3 Å². The minimum absolute atomic E-state index is 0.0263. The molecule has 0 amide bonds. The lowest BCUT2D eigenvalue weighted by molar-refractivity contribution is 0.111. The highest BCUT2D eigenvalue weighted by Crippen LogP contribution is 2.30. The average Bonchev–Trinajstić information content (AvgIpc) is 2.42. The van der Waals surface area contributed by atoms with Crippen LogP contribution in [0.15, 0.2) is 24.3 Å². The van der Waals surface area contributed by atoms with E-state index >= 15 is 0 Å². The Balaban J connectivity index is 3.09. The predicted molar refractivity (Wildman–Crippen MR) is 75.8 cm³/mol. The van der Waals surface area contributed by atoms with Crippen LogP contribution in [0.3, 0.4) is 0 Å². The number of benzene rings is 1. The van der Waals surface area contributed by atoms with Crippen LogP contribution >= 0.6 is 0 Å². The summed E-state index contributed by atoms with van der Waals surface area (Å²) in [7, 11) is -3.32. The molecule has 0 aromatic heterocycles. The zero-order chi connectivity index (χ0) is 15.4. The molecular formula is C14H21FO4S. The monoisotopic (exact) mass is 304 g/mol. The van der Waals surface area contributed by atoms with Crippen LogP contribution < -0.4 is 0 Å². The number of hydrogen-bond donors (Lipinski definition) is 2. The van der Waals surface area contributed by atoms with Crippen LogP contribution in [0.5, 0.6) is 0 Å². The van der Waals surface area contributed by atoms with Gasteiger partial charge in [0.05, 0.1) is 24.2 Å². The van der Waals surface area contributed by atoms with E-state index in [1.807, 2.05) is 0 Å². The fourth-order valence-corrected chi connectivity index (χ4v) is 3.12. The molecule has 0 heterocycles. The van der Waals surface area contributed by atoms with Crippen LogP contribution in [0.4, 0.5) is 4.39 Å². The van der Waals surface area contributed by atoms with Crippen LogP contribution in [0.1, 0.15) is 25.8 Å². The molecule has 0 aliphatic rings. The Morgan fingerprint density at radius 3 is 2.20 bits per heavy atom. The molecular weight excluding hydrogens is 283 g/mol. The summed E-state index contributed by atoms with van der Waals surface area (Å²) >= 11 is 0. The topological polar surface area (TPSA) is 74.6 Å². The van der Waals surface area contributed by atoms with Crippen molar-refractivity contribution < 1.29 is 23.0 Å². The lowest BCUT2D eigenvalue weighted by Crippen LogP contribution is -2.38. The molecule has 0 saturated heterocycles. The second kappa shape index (κ2) is 6.65. The number of sulfone groups is 1. The smallest absolute Gasteiger partial charge is 0.152 e. The van der Waals surface area contributed by atoms with Gasteiger partial charge in [0.15, 0.2) is 9.84 Å². The first-order chi connectivity index (χ1) is 9.29. The van der Waals surface area contributed by atoms with Gasteiger partial charge in [0, 0.05) is 5.41 Å². The molecule has 0 fully saturated rings. The zero-order valence-corrected chi connectivity index (χ0v) is 12.5. The van der Waals surface area contributed by atoms with Gasteiger partial charge in [-0.1, -0.05) is 18.2 Å². The fourth-order valence-electron chi connectivity index (χ4n) is 1.98. The van der Waals surface area contributed by atoms with Gasteiger partial charge in [0.2, 0.25) is 0 Å². The highest BCUT2D eigenvalue weighted by atomic mass is 32.2. The third kappa shape index (κ3) is 3.56. The van der Waals surface area contributed by atoms with Gasteiger partial charge in [-0.25, -0.2) is 12.8 Å². The molecule has 0 bridgehead atoms. The van der Waals surface area contributed by atoms with Gasteiger partial charge in [-0.15, -0.1) is 0 Å². The summed E-state index contributed by atoms with van der Waals surface area (Å²) < 4.78 is 37.6. The molecule has 2 N–H and O–H groups in total. The zero-order valence-electron chi connectivity index (χ0n) is 11.7. The summed E-state index contributed by atoms with van der Waals surface area (Å²) in [5.41, 5.74) is -1.14. The largest absolute Gasteiger partial charge is 0.395 e. The Bertz CT molecular complexity index is 536. The Morgan fingerprint density at radius 2 is 1.75 bits per heavy atom. The van der Waals surface area contributed by atoms with Crippen molar-refractivity contribution in [3.8, 4) is 0 Å². The molecule has 0 spiro atoms. The van der Waals surface area contributed by atoms with Crippen molar-refractivity contribution in [3.63, 3.8) is 0 Å². The van der Waals surface area contributed by atoms with Gasteiger partial charge in [-0.3, -0.25) is 0 Å². The molecule has 0 aliphatic heterocycles. The standard InChI is InChI=1S/C14H21FO4S/c1-11(2)20(18,19)8-7-14(9-16,10-17)12-5-3-4-6-13(12)15/h3-6,11,16-17H,7-10H2,1-2H3. The fraction of sp³-hybridized carbons (Fsp3) is 0.571. The maximum atomic E-state index is 13.9. The normalized spacial score (nSPS) is 12.9. The number of halogens is 1. The first kappa shape index (κ1) is 17.1. The lowest BCUT2D eigenvalue weighted by Gasteiger charge is -2.31. The number of aliphatic hydroxyl groups excluding tert-OH is 2. The van der Waals surface area contributed by atoms with E-state index in [4.69, 9.17) is 0 Å². The molecule has 20 heavy (non-hydrogen) atoms. The molecule has 0 saturated carbocycles. The third-order valence-corrected chi connectivity index (χ3v) is 5.84. The maximum absolute atomic E-state index is 13.9. The van der Waals surface area contributed by atoms with E-state index < -0.39 is 39.5 Å². The Morgan fingerprint density at radius 1 is 1.20 bits per heavy atom. The summed E-state index contributed by atoms with van der Waals surface area (Å²) in [6, 6.07) is 5.79. The second-order valence-corrected chi connectivity index (χ2v) is 7.92. The van der Waals surface area contributed by atoms with Crippen molar-refractivity contribution in [2.75, 3.05) is 19.0 Å². The van der Waals surface area contributed by atoms with Crippen molar-refractivity contribution in [2.45, 2.75) is 30.9 Å². The predicted octanol–water partition coefficient (Wildman–Crippen LogP) is 1.26. The van der Waals surface area contributed by atoms with E-state index in [2.05, 4.69) is 0 Å². The quantitative estimate of drug-likeness (QED) is 0.795. The second-order valence-electron chi connectivity index (χ2n) is 5.24. The van der Waals surface area contributed by atoms with E-state index in [9.17, 15) is 23.0 Å². The highest BCUT2D eigenvalue weighted by Gasteiger charge is 2.35. The van der Waals surface area contributed by atoms with Gasteiger partial charge in [-0.05, 0) is 31.9 Å². The first-order valence-electron chi connectivity index (χ1n) is 6.47. The SMILES string of the molecule is CC(C)S(=O)(=O)CCC(CO)(CO)c1ccccc1F. The van der Waals surface area contributed by atoms with E-state index in [0.29, 0.717) is 0 Å². The van der Waals surface area contributed by atoms with E-state index in [0.717, 1.165) is 0 Å². The van der Waals surface area contributed by atoms with Crippen LogP contribution in [0, 0.1) is 5.82 Å². The maximum Gasteiger partial charge on any atom is 0.152 e. The molecule has 1 aromatic rings. The average molecular weight is 304 g/mol. The summed E-state index contributed by atoms with van der Waals surface area (Å²) in [4.78, 5) is 0. The summed E-state index contributed by atoms with van der Waals surface area (Å²) in [5.74, 6) is -0.766. The van der Waals surface area contributed by atoms with E-state index in [1.54, 1.807) is 19.9 Å². The van der Waals surface area contributed by atoms with Crippen molar-refractivity contribution in [1.29, 1.82) is 0 Å².